The monoisotopic (exact) mass is 747 g/mol. The maximum atomic E-state index is 14.5. The Morgan fingerprint density at radius 2 is 1.63 bits per heavy atom. The minimum atomic E-state index is -1.37. The Bertz CT molecular complexity index is 1680. The van der Waals surface area contributed by atoms with E-state index in [1.165, 1.54) is 23.5 Å². The molecule has 1 aromatic heterocycles. The molecule has 1 saturated heterocycles. The number of likely N-dealkylation sites (tertiary alicyclic amines) is 1. The first-order valence-corrected chi connectivity index (χ1v) is 18.6. The summed E-state index contributed by atoms with van der Waals surface area (Å²) in [6.07, 6.45) is 6.90. The van der Waals surface area contributed by atoms with Crippen LogP contribution in [-0.4, -0.2) is 98.0 Å². The summed E-state index contributed by atoms with van der Waals surface area (Å²) in [5.41, 5.74) is -0.131. The van der Waals surface area contributed by atoms with Crippen molar-refractivity contribution in [2.75, 3.05) is 6.54 Å². The number of fused-ring (bicyclic) bond motifs is 1. The fourth-order valence-corrected chi connectivity index (χ4v) is 7.33. The molecule has 1 aromatic carbocycles. The second-order valence-electron chi connectivity index (χ2n) is 15.7. The summed E-state index contributed by atoms with van der Waals surface area (Å²) in [7, 11) is 0. The number of benzene rings is 1. The average Bonchev–Trinajstić information content (AvgIpc) is 3.73. The van der Waals surface area contributed by atoms with Crippen molar-refractivity contribution in [3.8, 4) is 0 Å². The number of ketones is 1. The number of hydrogen-bond donors (Lipinski definition) is 5. The fraction of sp³-hybridized carbons (Fsp3) is 0.564. The smallest absolute Gasteiger partial charge is 0.326 e. The van der Waals surface area contributed by atoms with E-state index in [1.54, 1.807) is 71.9 Å². The Kier molecular flexibility index (Phi) is 14.0. The van der Waals surface area contributed by atoms with Gasteiger partial charge < -0.3 is 31.3 Å². The van der Waals surface area contributed by atoms with E-state index in [0.717, 1.165) is 12.8 Å². The molecular formula is C39H53N7O8. The first kappa shape index (κ1) is 41.5. The maximum absolute atomic E-state index is 14.5. The minimum Gasteiger partial charge on any atom is -0.480 e. The van der Waals surface area contributed by atoms with Gasteiger partial charge in [0.05, 0.1) is 12.2 Å². The molecule has 4 rings (SSSR count). The van der Waals surface area contributed by atoms with Crippen molar-refractivity contribution in [3.05, 3.63) is 60.2 Å². The third-order valence-corrected chi connectivity index (χ3v) is 10.2. The van der Waals surface area contributed by atoms with Crippen LogP contribution < -0.4 is 21.3 Å². The third-order valence-electron chi connectivity index (χ3n) is 10.2. The molecule has 1 aliphatic heterocycles. The average molecular weight is 748 g/mol. The van der Waals surface area contributed by atoms with Crippen molar-refractivity contribution >= 4 is 41.3 Å². The molecule has 5 amide bonds. The number of aromatic nitrogens is 2. The Labute approximate surface area is 315 Å². The first-order chi connectivity index (χ1) is 25.5. The lowest BCUT2D eigenvalue weighted by atomic mass is 9.85. The molecule has 15 nitrogen and oxygen atoms in total. The lowest BCUT2D eigenvalue weighted by molar-refractivity contribution is -0.147. The summed E-state index contributed by atoms with van der Waals surface area (Å²) in [6, 6.07) is 2.98. The first-order valence-electron chi connectivity index (χ1n) is 18.6. The van der Waals surface area contributed by atoms with E-state index >= 15 is 0 Å². The highest BCUT2D eigenvalue weighted by molar-refractivity contribution is 6.38. The van der Waals surface area contributed by atoms with Crippen LogP contribution in [-0.2, 0) is 35.2 Å². The van der Waals surface area contributed by atoms with Gasteiger partial charge in [-0.05, 0) is 48.0 Å². The topological polar surface area (TPSA) is 217 Å². The lowest BCUT2D eigenvalue weighted by Gasteiger charge is -2.37. The third kappa shape index (κ3) is 10.3. The highest BCUT2D eigenvalue weighted by atomic mass is 16.4. The quantitative estimate of drug-likeness (QED) is 0.158. The molecule has 5 N–H and O–H groups in total. The Morgan fingerprint density at radius 1 is 0.926 bits per heavy atom. The minimum absolute atomic E-state index is 0.0219. The number of hydrogen-bond acceptors (Lipinski definition) is 9. The Hall–Kier alpha value is -5.21. The van der Waals surface area contributed by atoms with Gasteiger partial charge in [-0.2, -0.15) is 0 Å². The van der Waals surface area contributed by atoms with Gasteiger partial charge in [0.25, 0.3) is 11.8 Å². The summed E-state index contributed by atoms with van der Waals surface area (Å²) >= 11 is 0. The molecule has 2 aliphatic rings. The molecule has 15 heteroatoms. The van der Waals surface area contributed by atoms with Crippen LogP contribution in [0.1, 0.15) is 89.7 Å². The van der Waals surface area contributed by atoms with Gasteiger partial charge in [0.2, 0.25) is 23.5 Å². The molecule has 0 unspecified atom stereocenters. The van der Waals surface area contributed by atoms with E-state index in [0.29, 0.717) is 18.4 Å². The van der Waals surface area contributed by atoms with Gasteiger partial charge in [-0.3, -0.25) is 33.8 Å². The number of amides is 5. The fourth-order valence-electron chi connectivity index (χ4n) is 7.33. The molecule has 292 valence electrons. The van der Waals surface area contributed by atoms with E-state index in [4.69, 9.17) is 0 Å². The number of carboxylic acids is 1. The summed E-state index contributed by atoms with van der Waals surface area (Å²) in [4.78, 5) is 103. The van der Waals surface area contributed by atoms with Crippen molar-refractivity contribution in [1.29, 1.82) is 0 Å². The summed E-state index contributed by atoms with van der Waals surface area (Å²) < 4.78 is 0. The number of aliphatic carboxylic acids is 1. The van der Waals surface area contributed by atoms with Gasteiger partial charge >= 0.3 is 5.97 Å². The van der Waals surface area contributed by atoms with Crippen LogP contribution >= 0.6 is 0 Å². The van der Waals surface area contributed by atoms with Crippen molar-refractivity contribution < 1.29 is 38.7 Å². The number of carboxylic acid groups (broad SMARTS) is 1. The van der Waals surface area contributed by atoms with E-state index in [1.807, 2.05) is 0 Å². The SMILES string of the molecule is CCC[C@H](NC(=O)[C@@H]1[C@H]2CCC[C@H]2CN1C(=O)[C@@H](NC(=O)[C@@H](NC(=O)c1cnccn1)C(C)C)C(C)(C)C)C(=O)C(=O)N[C@@H](Cc1ccccc1)C(=O)O. The van der Waals surface area contributed by atoms with Gasteiger partial charge in [0, 0.05) is 25.4 Å². The number of carbonyl (C=O) groups is 7. The lowest BCUT2D eigenvalue weighted by Crippen LogP contribution is -2.62. The van der Waals surface area contributed by atoms with Gasteiger partial charge in [-0.25, -0.2) is 9.78 Å². The number of Topliss-reactive ketones (excluding diaryl/α,β-unsaturated/α-hetero) is 1. The van der Waals surface area contributed by atoms with E-state index in [9.17, 15) is 38.7 Å². The zero-order valence-electron chi connectivity index (χ0n) is 31.8. The van der Waals surface area contributed by atoms with Crippen LogP contribution in [0.15, 0.2) is 48.9 Å². The van der Waals surface area contributed by atoms with Crippen LogP contribution in [0.4, 0.5) is 0 Å². The standard InChI is InChI=1S/C39H53N7O8/c1-7-12-26(31(47)36(51)43-27(38(53)54)19-23-13-9-8-10-14-23)42-35(50)30-25-16-11-15-24(25)21-46(30)37(52)32(39(4,5)6)45-34(49)29(22(2)3)44-33(48)28-20-40-17-18-41-28/h8-10,13-14,17-18,20,22,24-27,29-30,32H,7,11-12,15-16,19,21H2,1-6H3,(H,42,50)(H,43,51)(H,44,48)(H,45,49)(H,53,54)/t24-,25-,26-,27-,29-,30-,32+/m0/s1. The molecule has 1 saturated carbocycles. The predicted molar refractivity (Wildman–Crippen MR) is 197 cm³/mol. The number of rotatable bonds is 16. The highest BCUT2D eigenvalue weighted by Crippen LogP contribution is 2.43. The van der Waals surface area contributed by atoms with Gasteiger partial charge in [0.1, 0.15) is 29.9 Å². The Balaban J connectivity index is 1.52. The van der Waals surface area contributed by atoms with Crippen LogP contribution in [0.3, 0.4) is 0 Å². The molecule has 1 aliphatic carbocycles. The Morgan fingerprint density at radius 3 is 2.22 bits per heavy atom. The van der Waals surface area contributed by atoms with E-state index in [2.05, 4.69) is 31.2 Å². The number of nitrogens with one attached hydrogen (secondary N) is 4. The van der Waals surface area contributed by atoms with Crippen molar-refractivity contribution in [1.82, 2.24) is 36.1 Å². The highest BCUT2D eigenvalue weighted by Gasteiger charge is 2.52. The van der Waals surface area contributed by atoms with E-state index < -0.39 is 76.9 Å². The zero-order chi connectivity index (χ0) is 39.7. The normalized spacial score (nSPS) is 20.2. The predicted octanol–water partition coefficient (Wildman–Crippen LogP) is 2.06. The summed E-state index contributed by atoms with van der Waals surface area (Å²) in [6.45, 7) is 11.0. The van der Waals surface area contributed by atoms with Crippen LogP contribution in [0.25, 0.3) is 0 Å². The molecule has 2 aromatic rings. The molecule has 2 fully saturated rings. The molecule has 2 heterocycles. The molecule has 0 radical (unpaired) electrons. The van der Waals surface area contributed by atoms with Crippen LogP contribution in [0, 0.1) is 23.2 Å². The number of carbonyl (C=O) groups excluding carboxylic acids is 6. The van der Waals surface area contributed by atoms with Gasteiger partial charge in [-0.1, -0.05) is 84.7 Å². The summed E-state index contributed by atoms with van der Waals surface area (Å²) in [5.74, 6) is -6.20. The molecular weight excluding hydrogens is 694 g/mol. The van der Waals surface area contributed by atoms with Crippen LogP contribution in [0.2, 0.25) is 0 Å². The van der Waals surface area contributed by atoms with Crippen molar-refractivity contribution in [2.24, 2.45) is 23.2 Å². The van der Waals surface area contributed by atoms with Crippen molar-refractivity contribution in [2.45, 2.75) is 110 Å². The molecule has 0 bridgehead atoms. The maximum Gasteiger partial charge on any atom is 0.326 e. The number of nitrogens with zero attached hydrogens (tertiary/aromatic N) is 3. The second kappa shape index (κ2) is 18.2. The zero-order valence-corrected chi connectivity index (χ0v) is 31.8. The van der Waals surface area contributed by atoms with Crippen molar-refractivity contribution in [3.63, 3.8) is 0 Å². The molecule has 7 atom stereocenters. The second-order valence-corrected chi connectivity index (χ2v) is 15.7. The van der Waals surface area contributed by atoms with Gasteiger partial charge in [0.15, 0.2) is 0 Å². The van der Waals surface area contributed by atoms with Crippen LogP contribution in [0.5, 0.6) is 0 Å². The largest absolute Gasteiger partial charge is 0.480 e. The summed E-state index contributed by atoms with van der Waals surface area (Å²) in [5, 5.41) is 20.4. The van der Waals surface area contributed by atoms with E-state index in [-0.39, 0.29) is 42.8 Å². The molecule has 54 heavy (non-hydrogen) atoms. The molecule has 0 spiro atoms. The van der Waals surface area contributed by atoms with Gasteiger partial charge in [-0.15, -0.1) is 0 Å².